The van der Waals surface area contributed by atoms with Crippen LogP contribution in [0.4, 0.5) is 5.69 Å². The summed E-state index contributed by atoms with van der Waals surface area (Å²) in [5.41, 5.74) is 1.23. The molecule has 0 atom stereocenters. The Bertz CT molecular complexity index is 880. The van der Waals surface area contributed by atoms with Crippen LogP contribution in [0.15, 0.2) is 54.7 Å². The van der Waals surface area contributed by atoms with Crippen molar-refractivity contribution in [2.24, 2.45) is 0 Å². The fourth-order valence-corrected chi connectivity index (χ4v) is 3.25. The van der Waals surface area contributed by atoms with Gasteiger partial charge in [0.25, 0.3) is 0 Å². The molecule has 0 saturated heterocycles. The van der Waals surface area contributed by atoms with Crippen LogP contribution in [0.3, 0.4) is 0 Å². The first kappa shape index (κ1) is 18.5. The summed E-state index contributed by atoms with van der Waals surface area (Å²) in [5, 5.41) is 0.784. The Balaban J connectivity index is 1.92. The fourth-order valence-electron chi connectivity index (χ4n) is 2.86. The monoisotopic (exact) mass is 388 g/mol. The van der Waals surface area contributed by atoms with Crippen molar-refractivity contribution in [3.63, 3.8) is 0 Å². The Morgan fingerprint density at radius 2 is 1.88 bits per heavy atom. The van der Waals surface area contributed by atoms with Gasteiger partial charge in [-0.2, -0.15) is 0 Å². The average molecular weight is 389 g/mol. The maximum atomic E-state index is 13.0. The summed E-state index contributed by atoms with van der Waals surface area (Å²) in [7, 11) is 1.66. The first-order valence-electron chi connectivity index (χ1n) is 8.23. The smallest absolute Gasteiger partial charge is 0.246 e. The summed E-state index contributed by atoms with van der Waals surface area (Å²) in [5.74, 6) is -0.374. The molecule has 134 valence electrons. The van der Waals surface area contributed by atoms with Crippen molar-refractivity contribution in [1.29, 1.82) is 0 Å². The maximum Gasteiger partial charge on any atom is 0.246 e. The van der Waals surface area contributed by atoms with Crippen LogP contribution in [0.25, 0.3) is 0 Å². The molecule has 1 heterocycles. The molecule has 1 amide bonds. The minimum absolute atomic E-state index is 0.105. The van der Waals surface area contributed by atoms with Crippen LogP contribution in [-0.2, 0) is 4.79 Å². The van der Waals surface area contributed by atoms with Gasteiger partial charge in [0.15, 0.2) is 5.78 Å². The number of anilines is 1. The van der Waals surface area contributed by atoms with Gasteiger partial charge >= 0.3 is 0 Å². The summed E-state index contributed by atoms with van der Waals surface area (Å²) in [6.45, 7) is 1.08. The molecule has 0 fully saturated rings. The Labute approximate surface area is 162 Å². The molecular formula is C20H18Cl2N2O2. The number of nitrogens with zero attached hydrogens (tertiary/aromatic N) is 2. The SMILES string of the molecule is CN(C(=O)CN1C=CCC1)c1ccc(Cl)cc1C(=O)c1ccccc1Cl. The van der Waals surface area contributed by atoms with Crippen LogP contribution in [0.1, 0.15) is 22.3 Å². The van der Waals surface area contributed by atoms with Crippen molar-refractivity contribution >= 4 is 40.6 Å². The second-order valence-electron chi connectivity index (χ2n) is 6.07. The van der Waals surface area contributed by atoms with Gasteiger partial charge in [0.1, 0.15) is 0 Å². The molecule has 26 heavy (non-hydrogen) atoms. The number of rotatable bonds is 5. The van der Waals surface area contributed by atoms with Crippen molar-refractivity contribution in [2.75, 3.05) is 25.0 Å². The van der Waals surface area contributed by atoms with E-state index in [4.69, 9.17) is 23.2 Å². The van der Waals surface area contributed by atoms with Crippen LogP contribution in [-0.4, -0.2) is 36.7 Å². The minimum Gasteiger partial charge on any atom is -0.368 e. The van der Waals surface area contributed by atoms with Gasteiger partial charge in [0, 0.05) is 29.7 Å². The van der Waals surface area contributed by atoms with Crippen molar-refractivity contribution in [2.45, 2.75) is 6.42 Å². The number of hydrogen-bond acceptors (Lipinski definition) is 3. The van der Waals surface area contributed by atoms with Crippen LogP contribution in [0.5, 0.6) is 0 Å². The largest absolute Gasteiger partial charge is 0.368 e. The molecule has 2 aromatic rings. The third-order valence-electron chi connectivity index (χ3n) is 4.29. The minimum atomic E-state index is -0.270. The quantitative estimate of drug-likeness (QED) is 0.712. The third kappa shape index (κ3) is 3.92. The van der Waals surface area contributed by atoms with E-state index in [-0.39, 0.29) is 18.2 Å². The summed E-state index contributed by atoms with van der Waals surface area (Å²) >= 11 is 12.3. The molecule has 1 aliphatic heterocycles. The number of carbonyl (C=O) groups is 2. The molecule has 6 heteroatoms. The van der Waals surface area contributed by atoms with Crippen molar-refractivity contribution in [3.05, 3.63) is 75.9 Å². The molecule has 0 saturated carbocycles. The molecule has 0 unspecified atom stereocenters. The topological polar surface area (TPSA) is 40.6 Å². The van der Waals surface area contributed by atoms with E-state index in [9.17, 15) is 9.59 Å². The van der Waals surface area contributed by atoms with Gasteiger partial charge < -0.3 is 9.80 Å². The van der Waals surface area contributed by atoms with Crippen LogP contribution >= 0.6 is 23.2 Å². The second-order valence-corrected chi connectivity index (χ2v) is 6.91. The van der Waals surface area contributed by atoms with E-state index >= 15 is 0 Å². The summed E-state index contributed by atoms with van der Waals surface area (Å²) in [6, 6.07) is 11.8. The van der Waals surface area contributed by atoms with E-state index in [0.717, 1.165) is 13.0 Å². The number of ketones is 1. The summed E-state index contributed by atoms with van der Waals surface area (Å²) in [6.07, 6.45) is 4.89. The average Bonchev–Trinajstić information content (AvgIpc) is 3.14. The number of amides is 1. The predicted molar refractivity (Wildman–Crippen MR) is 105 cm³/mol. The molecule has 0 spiro atoms. The van der Waals surface area contributed by atoms with E-state index in [2.05, 4.69) is 0 Å². The maximum absolute atomic E-state index is 13.0. The van der Waals surface area contributed by atoms with Crippen LogP contribution in [0, 0.1) is 0 Å². The first-order valence-corrected chi connectivity index (χ1v) is 8.99. The van der Waals surface area contributed by atoms with E-state index in [0.29, 0.717) is 26.9 Å². The van der Waals surface area contributed by atoms with Crippen LogP contribution < -0.4 is 4.90 Å². The van der Waals surface area contributed by atoms with E-state index < -0.39 is 0 Å². The standard InChI is InChI=1S/C20H18Cl2N2O2/c1-23(19(25)13-24-10-4-5-11-24)18-9-8-14(21)12-16(18)20(26)15-6-2-3-7-17(15)22/h2-4,6-10,12H,5,11,13H2,1H3. The molecule has 4 nitrogen and oxygen atoms in total. The Morgan fingerprint density at radius 1 is 1.12 bits per heavy atom. The zero-order valence-corrected chi connectivity index (χ0v) is 15.8. The lowest BCUT2D eigenvalue weighted by molar-refractivity contribution is -0.118. The van der Waals surface area contributed by atoms with E-state index in [1.54, 1.807) is 49.5 Å². The Morgan fingerprint density at radius 3 is 2.58 bits per heavy atom. The van der Waals surface area contributed by atoms with Gasteiger partial charge in [-0.05, 0) is 43.0 Å². The van der Waals surface area contributed by atoms with Gasteiger partial charge in [0.2, 0.25) is 5.91 Å². The van der Waals surface area contributed by atoms with Gasteiger partial charge in [-0.1, -0.05) is 41.4 Å². The lowest BCUT2D eigenvalue weighted by atomic mass is 10.0. The summed E-state index contributed by atoms with van der Waals surface area (Å²) < 4.78 is 0. The highest BCUT2D eigenvalue weighted by Gasteiger charge is 2.22. The van der Waals surface area contributed by atoms with Crippen molar-refractivity contribution in [3.8, 4) is 0 Å². The molecule has 0 N–H and O–H groups in total. The zero-order valence-electron chi connectivity index (χ0n) is 14.3. The third-order valence-corrected chi connectivity index (χ3v) is 4.86. The highest BCUT2D eigenvalue weighted by Crippen LogP contribution is 2.28. The first-order chi connectivity index (χ1) is 12.5. The van der Waals surface area contributed by atoms with Gasteiger partial charge in [-0.25, -0.2) is 0 Å². The molecule has 1 aliphatic rings. The molecule has 0 aliphatic carbocycles. The van der Waals surface area contributed by atoms with Gasteiger partial charge in [0.05, 0.1) is 17.3 Å². The highest BCUT2D eigenvalue weighted by atomic mass is 35.5. The highest BCUT2D eigenvalue weighted by molar-refractivity contribution is 6.36. The number of halogens is 2. The molecule has 3 rings (SSSR count). The van der Waals surface area contributed by atoms with E-state index in [1.807, 2.05) is 17.2 Å². The molecular weight excluding hydrogens is 371 g/mol. The summed E-state index contributed by atoms with van der Waals surface area (Å²) in [4.78, 5) is 29.1. The normalized spacial score (nSPS) is 13.1. The molecule has 0 aromatic heterocycles. The predicted octanol–water partition coefficient (Wildman–Crippen LogP) is 4.41. The zero-order chi connectivity index (χ0) is 18.7. The molecule has 0 bridgehead atoms. The van der Waals surface area contributed by atoms with E-state index in [1.165, 1.54) is 4.90 Å². The lowest BCUT2D eigenvalue weighted by Crippen LogP contribution is -2.36. The van der Waals surface area contributed by atoms with Gasteiger partial charge in [-0.3, -0.25) is 9.59 Å². The van der Waals surface area contributed by atoms with Crippen molar-refractivity contribution < 1.29 is 9.59 Å². The van der Waals surface area contributed by atoms with Gasteiger partial charge in [-0.15, -0.1) is 0 Å². The lowest BCUT2D eigenvalue weighted by Gasteiger charge is -2.23. The van der Waals surface area contributed by atoms with Crippen LogP contribution in [0.2, 0.25) is 10.0 Å². The Hall–Kier alpha value is -2.30. The number of benzene rings is 2. The fraction of sp³-hybridized carbons (Fsp3) is 0.200. The number of carbonyl (C=O) groups excluding carboxylic acids is 2. The molecule has 2 aromatic carbocycles. The molecule has 0 radical (unpaired) electrons. The van der Waals surface area contributed by atoms with Crippen molar-refractivity contribution in [1.82, 2.24) is 4.90 Å². The Kier molecular flexibility index (Phi) is 5.64. The second kappa shape index (κ2) is 7.94. The number of likely N-dealkylation sites (N-methyl/N-ethyl adjacent to an activating group) is 1. The number of hydrogen-bond donors (Lipinski definition) is 0.